The highest BCUT2D eigenvalue weighted by atomic mass is 31.1. The van der Waals surface area contributed by atoms with Crippen LogP contribution in [0.1, 0.15) is 44.9 Å². The van der Waals surface area contributed by atoms with Crippen molar-refractivity contribution >= 4 is 8.25 Å². The molecule has 1 aliphatic carbocycles. The van der Waals surface area contributed by atoms with Crippen molar-refractivity contribution in [3.63, 3.8) is 0 Å². The second kappa shape index (κ2) is 8.09. The molecule has 16 heavy (non-hydrogen) atoms. The standard InChI is InChI=1S/C10H22N2O3P/c11-8-4-7-10(12)15-16(13)14-9-5-2-1-3-6-9/h9-10H,1-8,11-12H2/q+1. The van der Waals surface area contributed by atoms with Crippen LogP contribution in [0.25, 0.3) is 0 Å². The number of nitrogens with two attached hydrogens (primary N) is 2. The summed E-state index contributed by atoms with van der Waals surface area (Å²) >= 11 is 0. The first kappa shape index (κ1) is 14.0. The summed E-state index contributed by atoms with van der Waals surface area (Å²) in [4.78, 5) is 0. The van der Waals surface area contributed by atoms with E-state index in [1.54, 1.807) is 0 Å². The predicted molar refractivity (Wildman–Crippen MR) is 62.9 cm³/mol. The van der Waals surface area contributed by atoms with Gasteiger partial charge in [0, 0.05) is 4.57 Å². The van der Waals surface area contributed by atoms with Crippen LogP contribution < -0.4 is 11.5 Å². The fourth-order valence-corrected chi connectivity index (χ4v) is 2.63. The zero-order valence-electron chi connectivity index (χ0n) is 9.64. The molecule has 0 aromatic rings. The Morgan fingerprint density at radius 1 is 1.31 bits per heavy atom. The molecule has 0 amide bonds. The molecule has 6 heteroatoms. The lowest BCUT2D eigenvalue weighted by Gasteiger charge is -2.15. The Labute approximate surface area is 97.8 Å². The summed E-state index contributed by atoms with van der Waals surface area (Å²) in [6, 6.07) is 0. The quantitative estimate of drug-likeness (QED) is 0.532. The molecular formula is C10H22N2O3P+. The SMILES string of the molecule is NCCCC(N)O[P+](=O)OC1CCCCC1. The van der Waals surface area contributed by atoms with Crippen LogP contribution in [0, 0.1) is 0 Å². The van der Waals surface area contributed by atoms with Gasteiger partial charge in [-0.3, -0.25) is 0 Å². The van der Waals surface area contributed by atoms with E-state index in [4.69, 9.17) is 20.5 Å². The first-order valence-electron chi connectivity index (χ1n) is 5.99. The second-order valence-electron chi connectivity index (χ2n) is 4.16. The molecule has 1 saturated carbocycles. The fraction of sp³-hybridized carbons (Fsp3) is 1.00. The number of hydrogen-bond donors (Lipinski definition) is 2. The van der Waals surface area contributed by atoms with Gasteiger partial charge in [-0.15, -0.1) is 9.05 Å². The van der Waals surface area contributed by atoms with E-state index < -0.39 is 14.5 Å². The zero-order chi connectivity index (χ0) is 11.8. The molecule has 0 bridgehead atoms. The maximum atomic E-state index is 11.5. The minimum Gasteiger partial charge on any atom is -0.330 e. The molecule has 5 nitrogen and oxygen atoms in total. The Morgan fingerprint density at radius 2 is 2.00 bits per heavy atom. The maximum Gasteiger partial charge on any atom is 0.699 e. The van der Waals surface area contributed by atoms with Crippen LogP contribution in [0.5, 0.6) is 0 Å². The average Bonchev–Trinajstić information content (AvgIpc) is 2.27. The molecular weight excluding hydrogens is 227 g/mol. The Hall–Kier alpha value is -0.0600. The highest BCUT2D eigenvalue weighted by Gasteiger charge is 2.30. The summed E-state index contributed by atoms with van der Waals surface area (Å²) in [5.41, 5.74) is 11.0. The van der Waals surface area contributed by atoms with Gasteiger partial charge in [-0.05, 0) is 32.2 Å². The highest BCUT2D eigenvalue weighted by molar-refractivity contribution is 7.33. The van der Waals surface area contributed by atoms with Crippen molar-refractivity contribution in [1.82, 2.24) is 0 Å². The minimum absolute atomic E-state index is 0.0825. The third-order valence-corrected chi connectivity index (χ3v) is 3.61. The van der Waals surface area contributed by atoms with E-state index in [1.807, 2.05) is 0 Å². The van der Waals surface area contributed by atoms with E-state index in [0.717, 1.165) is 32.1 Å². The third-order valence-electron chi connectivity index (χ3n) is 2.70. The van der Waals surface area contributed by atoms with E-state index in [-0.39, 0.29) is 6.10 Å². The molecule has 2 atom stereocenters. The monoisotopic (exact) mass is 249 g/mol. The van der Waals surface area contributed by atoms with Crippen LogP contribution in [-0.4, -0.2) is 18.9 Å². The van der Waals surface area contributed by atoms with E-state index in [9.17, 15) is 4.57 Å². The Morgan fingerprint density at radius 3 is 2.62 bits per heavy atom. The van der Waals surface area contributed by atoms with Crippen LogP contribution in [-0.2, 0) is 13.6 Å². The van der Waals surface area contributed by atoms with Gasteiger partial charge in [-0.2, -0.15) is 0 Å². The van der Waals surface area contributed by atoms with E-state index >= 15 is 0 Å². The normalized spacial score (nSPS) is 20.8. The molecule has 0 saturated heterocycles. The van der Waals surface area contributed by atoms with Crippen molar-refractivity contribution in [3.8, 4) is 0 Å². The van der Waals surface area contributed by atoms with E-state index in [1.165, 1.54) is 6.42 Å². The van der Waals surface area contributed by atoms with Gasteiger partial charge in [-0.1, -0.05) is 19.3 Å². The summed E-state index contributed by atoms with van der Waals surface area (Å²) in [5, 5.41) is 0. The van der Waals surface area contributed by atoms with E-state index in [2.05, 4.69) is 0 Å². The molecule has 1 fully saturated rings. The van der Waals surface area contributed by atoms with Gasteiger partial charge in [0.05, 0.1) is 0 Å². The molecule has 1 aliphatic rings. The smallest absolute Gasteiger partial charge is 0.330 e. The first-order chi connectivity index (χ1) is 7.72. The molecule has 0 radical (unpaired) electrons. The molecule has 0 aromatic carbocycles. The van der Waals surface area contributed by atoms with Gasteiger partial charge in [0.2, 0.25) is 0 Å². The van der Waals surface area contributed by atoms with Crippen molar-refractivity contribution in [2.75, 3.05) is 6.54 Å². The minimum atomic E-state index is -2.08. The number of rotatable bonds is 7. The summed E-state index contributed by atoms with van der Waals surface area (Å²) in [6.07, 6.45) is 6.42. The summed E-state index contributed by atoms with van der Waals surface area (Å²) < 4.78 is 21.9. The van der Waals surface area contributed by atoms with Crippen LogP contribution in [0.2, 0.25) is 0 Å². The van der Waals surface area contributed by atoms with Crippen molar-refractivity contribution in [2.45, 2.75) is 57.3 Å². The van der Waals surface area contributed by atoms with Crippen molar-refractivity contribution in [2.24, 2.45) is 11.5 Å². The zero-order valence-corrected chi connectivity index (χ0v) is 10.5. The fourth-order valence-electron chi connectivity index (χ4n) is 1.80. The molecule has 0 aromatic heterocycles. The molecule has 0 aliphatic heterocycles. The average molecular weight is 249 g/mol. The molecule has 0 spiro atoms. The molecule has 94 valence electrons. The van der Waals surface area contributed by atoms with E-state index in [0.29, 0.717) is 13.0 Å². The first-order valence-corrected chi connectivity index (χ1v) is 7.08. The molecule has 4 N–H and O–H groups in total. The van der Waals surface area contributed by atoms with Crippen molar-refractivity contribution in [1.29, 1.82) is 0 Å². The summed E-state index contributed by atoms with van der Waals surface area (Å²) in [5.74, 6) is 0. The van der Waals surface area contributed by atoms with Crippen LogP contribution >= 0.6 is 8.25 Å². The lowest BCUT2D eigenvalue weighted by molar-refractivity contribution is 0.106. The van der Waals surface area contributed by atoms with Gasteiger partial charge in [0.15, 0.2) is 6.23 Å². The van der Waals surface area contributed by atoms with Gasteiger partial charge in [-0.25, -0.2) is 0 Å². The lowest BCUT2D eigenvalue weighted by atomic mass is 9.98. The van der Waals surface area contributed by atoms with Crippen molar-refractivity contribution < 1.29 is 13.6 Å². The van der Waals surface area contributed by atoms with Crippen LogP contribution in [0.3, 0.4) is 0 Å². The highest BCUT2D eigenvalue weighted by Crippen LogP contribution is 2.33. The maximum absolute atomic E-state index is 11.5. The van der Waals surface area contributed by atoms with Gasteiger partial charge >= 0.3 is 8.25 Å². The number of hydrogen-bond acceptors (Lipinski definition) is 5. The van der Waals surface area contributed by atoms with Crippen LogP contribution in [0.15, 0.2) is 0 Å². The van der Waals surface area contributed by atoms with Crippen LogP contribution in [0.4, 0.5) is 0 Å². The Bertz CT molecular complexity index is 210. The Balaban J connectivity index is 2.13. The molecule has 1 rings (SSSR count). The van der Waals surface area contributed by atoms with Gasteiger partial charge in [0.25, 0.3) is 0 Å². The summed E-state index contributed by atoms with van der Waals surface area (Å²) in [7, 11) is -2.08. The lowest BCUT2D eigenvalue weighted by Crippen LogP contribution is -2.23. The largest absolute Gasteiger partial charge is 0.699 e. The summed E-state index contributed by atoms with van der Waals surface area (Å²) in [6.45, 7) is 0.567. The van der Waals surface area contributed by atoms with Gasteiger partial charge in [0.1, 0.15) is 6.10 Å². The van der Waals surface area contributed by atoms with Gasteiger partial charge < -0.3 is 11.5 Å². The molecule has 0 heterocycles. The predicted octanol–water partition coefficient (Wildman–Crippen LogP) is 2.03. The molecule has 2 unspecified atom stereocenters. The third kappa shape index (κ3) is 5.87. The topological polar surface area (TPSA) is 87.6 Å². The second-order valence-corrected chi connectivity index (χ2v) is 5.03. The van der Waals surface area contributed by atoms with Crippen molar-refractivity contribution in [3.05, 3.63) is 0 Å². The Kier molecular flexibility index (Phi) is 7.08.